The first-order chi connectivity index (χ1) is 19.5. The average Bonchev–Trinajstić information content (AvgIpc) is 2.97. The van der Waals surface area contributed by atoms with E-state index in [2.05, 4.69) is 5.32 Å². The molecule has 11 heteroatoms. The van der Waals surface area contributed by atoms with Crippen molar-refractivity contribution in [3.63, 3.8) is 0 Å². The monoisotopic (exact) mass is 619 g/mol. The molecule has 0 saturated carbocycles. The second kappa shape index (κ2) is 14.6. The van der Waals surface area contributed by atoms with Crippen LogP contribution in [0.5, 0.6) is 5.75 Å². The Kier molecular flexibility index (Phi) is 11.5. The maximum Gasteiger partial charge on any atom is 0.264 e. The van der Waals surface area contributed by atoms with Gasteiger partial charge in [-0.05, 0) is 73.9 Å². The molecule has 0 aliphatic heterocycles. The topological polar surface area (TPSA) is 96.0 Å². The number of carbonyl (C=O) groups excluding carboxylic acids is 2. The minimum atomic E-state index is -4.16. The highest BCUT2D eigenvalue weighted by molar-refractivity contribution is 7.92. The number of anilines is 1. The summed E-state index contributed by atoms with van der Waals surface area (Å²) in [5, 5.41) is 3.61. The fourth-order valence-corrected chi connectivity index (χ4v) is 5.95. The van der Waals surface area contributed by atoms with Gasteiger partial charge >= 0.3 is 0 Å². The molecule has 3 aromatic carbocycles. The van der Waals surface area contributed by atoms with Gasteiger partial charge in [-0.1, -0.05) is 61.3 Å². The van der Waals surface area contributed by atoms with E-state index >= 15 is 0 Å². The number of halogens is 2. The third-order valence-electron chi connectivity index (χ3n) is 6.69. The van der Waals surface area contributed by atoms with Crippen molar-refractivity contribution in [2.24, 2.45) is 0 Å². The molecule has 0 aliphatic rings. The number of hydrogen-bond donors (Lipinski definition) is 1. The van der Waals surface area contributed by atoms with Crippen molar-refractivity contribution in [3.05, 3.63) is 88.4 Å². The fourth-order valence-electron chi connectivity index (χ4n) is 4.19. The Morgan fingerprint density at radius 3 is 2.15 bits per heavy atom. The lowest BCUT2D eigenvalue weighted by atomic mass is 10.1. The molecule has 0 spiro atoms. The molecular formula is C30H35Cl2N3O5S. The second-order valence-electron chi connectivity index (χ2n) is 9.53. The van der Waals surface area contributed by atoms with Crippen LogP contribution in [-0.4, -0.2) is 50.9 Å². The van der Waals surface area contributed by atoms with Crippen LogP contribution < -0.4 is 14.4 Å². The number of nitrogens with zero attached hydrogens (tertiary/aromatic N) is 2. The van der Waals surface area contributed by atoms with Crippen LogP contribution in [0, 0.1) is 0 Å². The summed E-state index contributed by atoms with van der Waals surface area (Å²) in [5.74, 6) is -0.346. The third kappa shape index (κ3) is 8.15. The Morgan fingerprint density at radius 1 is 0.927 bits per heavy atom. The quantitative estimate of drug-likeness (QED) is 0.256. The Hall–Kier alpha value is -3.27. The van der Waals surface area contributed by atoms with Gasteiger partial charge in [0.1, 0.15) is 18.3 Å². The molecule has 0 fully saturated rings. The first kappa shape index (κ1) is 32.2. The van der Waals surface area contributed by atoms with Gasteiger partial charge in [-0.3, -0.25) is 13.9 Å². The van der Waals surface area contributed by atoms with Crippen LogP contribution in [0.25, 0.3) is 0 Å². The van der Waals surface area contributed by atoms with E-state index in [1.165, 1.54) is 24.1 Å². The predicted molar refractivity (Wildman–Crippen MR) is 163 cm³/mol. The number of methoxy groups -OCH3 is 1. The summed E-state index contributed by atoms with van der Waals surface area (Å²) < 4.78 is 34.0. The Labute approximate surface area is 252 Å². The summed E-state index contributed by atoms with van der Waals surface area (Å²) in [4.78, 5) is 28.9. The van der Waals surface area contributed by atoms with E-state index in [0.29, 0.717) is 34.2 Å². The molecule has 8 nitrogen and oxygen atoms in total. The molecule has 1 N–H and O–H groups in total. The number of rotatable bonds is 13. The standard InChI is InChI=1S/C30H35Cl2N3O5S/c1-5-21(3)33-30(37)28(6-2)34(19-22-12-17-26(31)27(32)18-22)29(36)20-35(23-13-15-24(40-4)16-14-23)41(38,39)25-10-8-7-9-11-25/h7-18,21,28H,5-6,19-20H2,1-4H3,(H,33,37)/t21-,28-/m1/s1. The number of ether oxygens (including phenoxy) is 1. The number of carbonyl (C=O) groups is 2. The zero-order valence-electron chi connectivity index (χ0n) is 23.5. The molecule has 3 rings (SSSR count). The summed E-state index contributed by atoms with van der Waals surface area (Å²) in [6, 6.07) is 18.3. The average molecular weight is 621 g/mol. The Bertz CT molecular complexity index is 1440. The van der Waals surface area contributed by atoms with E-state index in [1.807, 2.05) is 13.8 Å². The molecule has 0 heterocycles. The Balaban J connectivity index is 2.06. The lowest BCUT2D eigenvalue weighted by Crippen LogP contribution is -2.53. The van der Waals surface area contributed by atoms with Gasteiger partial charge in [-0.25, -0.2) is 8.42 Å². The highest BCUT2D eigenvalue weighted by Crippen LogP contribution is 2.28. The fraction of sp³-hybridized carbons (Fsp3) is 0.333. The zero-order chi connectivity index (χ0) is 30.2. The van der Waals surface area contributed by atoms with Crippen molar-refractivity contribution in [1.29, 1.82) is 0 Å². The normalized spacial score (nSPS) is 12.7. The molecule has 2 amide bonds. The molecule has 0 radical (unpaired) electrons. The van der Waals surface area contributed by atoms with E-state index in [1.54, 1.807) is 67.6 Å². The Morgan fingerprint density at radius 2 is 1.59 bits per heavy atom. The smallest absolute Gasteiger partial charge is 0.264 e. The number of amides is 2. The van der Waals surface area contributed by atoms with Gasteiger partial charge in [-0.15, -0.1) is 0 Å². The lowest BCUT2D eigenvalue weighted by Gasteiger charge is -2.33. The predicted octanol–water partition coefficient (Wildman–Crippen LogP) is 5.92. The summed E-state index contributed by atoms with van der Waals surface area (Å²) in [6.45, 7) is 5.11. The first-order valence-corrected chi connectivity index (χ1v) is 15.5. The molecule has 0 aliphatic carbocycles. The number of sulfonamides is 1. The molecule has 220 valence electrons. The molecule has 3 aromatic rings. The van der Waals surface area contributed by atoms with E-state index in [9.17, 15) is 18.0 Å². The molecule has 0 unspecified atom stereocenters. The molecular weight excluding hydrogens is 585 g/mol. The first-order valence-electron chi connectivity index (χ1n) is 13.3. The van der Waals surface area contributed by atoms with Crippen molar-refractivity contribution in [2.75, 3.05) is 18.0 Å². The molecule has 0 saturated heterocycles. The van der Waals surface area contributed by atoms with Crippen LogP contribution in [0.15, 0.2) is 77.7 Å². The largest absolute Gasteiger partial charge is 0.497 e. The van der Waals surface area contributed by atoms with E-state index in [0.717, 1.165) is 4.31 Å². The van der Waals surface area contributed by atoms with Gasteiger partial charge < -0.3 is 15.0 Å². The summed E-state index contributed by atoms with van der Waals surface area (Å²) >= 11 is 12.3. The van der Waals surface area contributed by atoms with Crippen LogP contribution in [0.1, 0.15) is 39.2 Å². The van der Waals surface area contributed by atoms with Crippen molar-refractivity contribution in [1.82, 2.24) is 10.2 Å². The van der Waals surface area contributed by atoms with Crippen LogP contribution in [0.3, 0.4) is 0 Å². The summed E-state index contributed by atoms with van der Waals surface area (Å²) in [5.41, 5.74) is 0.916. The molecule has 0 bridgehead atoms. The minimum Gasteiger partial charge on any atom is -0.497 e. The van der Waals surface area contributed by atoms with Crippen LogP contribution in [-0.2, 0) is 26.2 Å². The lowest BCUT2D eigenvalue weighted by molar-refractivity contribution is -0.140. The zero-order valence-corrected chi connectivity index (χ0v) is 25.8. The van der Waals surface area contributed by atoms with E-state index in [-0.39, 0.29) is 29.1 Å². The number of benzene rings is 3. The molecule has 2 atom stereocenters. The van der Waals surface area contributed by atoms with Crippen molar-refractivity contribution in [2.45, 2.75) is 57.1 Å². The van der Waals surface area contributed by atoms with Gasteiger partial charge in [0, 0.05) is 12.6 Å². The van der Waals surface area contributed by atoms with Gasteiger partial charge in [-0.2, -0.15) is 0 Å². The van der Waals surface area contributed by atoms with Gasteiger partial charge in [0.05, 0.1) is 27.7 Å². The minimum absolute atomic E-state index is 0.0178. The van der Waals surface area contributed by atoms with Crippen LogP contribution >= 0.6 is 23.2 Å². The summed E-state index contributed by atoms with van der Waals surface area (Å²) in [7, 11) is -2.65. The highest BCUT2D eigenvalue weighted by Gasteiger charge is 2.34. The number of nitrogens with one attached hydrogen (secondary N) is 1. The van der Waals surface area contributed by atoms with E-state index < -0.39 is 28.5 Å². The highest BCUT2D eigenvalue weighted by atomic mass is 35.5. The van der Waals surface area contributed by atoms with Gasteiger partial charge in [0.2, 0.25) is 11.8 Å². The maximum absolute atomic E-state index is 14.1. The van der Waals surface area contributed by atoms with Crippen LogP contribution in [0.4, 0.5) is 5.69 Å². The van der Waals surface area contributed by atoms with Crippen molar-refractivity contribution < 1.29 is 22.7 Å². The molecule has 0 aromatic heterocycles. The summed E-state index contributed by atoms with van der Waals surface area (Å²) in [6.07, 6.45) is 1.02. The van der Waals surface area contributed by atoms with Crippen LogP contribution in [0.2, 0.25) is 10.0 Å². The maximum atomic E-state index is 14.1. The van der Waals surface area contributed by atoms with Crippen molar-refractivity contribution in [3.8, 4) is 5.75 Å². The van der Waals surface area contributed by atoms with Crippen molar-refractivity contribution >= 4 is 50.7 Å². The van der Waals surface area contributed by atoms with E-state index in [4.69, 9.17) is 27.9 Å². The number of hydrogen-bond acceptors (Lipinski definition) is 5. The van der Waals surface area contributed by atoms with Gasteiger partial charge in [0.25, 0.3) is 10.0 Å². The third-order valence-corrected chi connectivity index (χ3v) is 9.22. The second-order valence-corrected chi connectivity index (χ2v) is 12.2. The van der Waals surface area contributed by atoms with Gasteiger partial charge in [0.15, 0.2) is 0 Å². The SMILES string of the molecule is CC[C@@H](C)NC(=O)[C@@H](CC)N(Cc1ccc(Cl)c(Cl)c1)C(=O)CN(c1ccc(OC)cc1)S(=O)(=O)c1ccccc1. The molecule has 41 heavy (non-hydrogen) atoms.